The van der Waals surface area contributed by atoms with Gasteiger partial charge in [0.15, 0.2) is 0 Å². The number of nitrogens with zero attached hydrogens (tertiary/aromatic N) is 2. The molecule has 0 spiro atoms. The molecule has 4 amide bonds. The van der Waals surface area contributed by atoms with E-state index in [9.17, 15) is 23.6 Å². The highest BCUT2D eigenvalue weighted by Crippen LogP contribution is 2.28. The molecule has 1 aliphatic heterocycles. The van der Waals surface area contributed by atoms with Crippen molar-refractivity contribution in [1.29, 1.82) is 0 Å². The molecular formula is C28H20FN3O5. The second-order valence-corrected chi connectivity index (χ2v) is 8.33. The first kappa shape index (κ1) is 23.7. The summed E-state index contributed by atoms with van der Waals surface area (Å²) in [5, 5.41) is 2.87. The zero-order valence-corrected chi connectivity index (χ0v) is 19.6. The summed E-state index contributed by atoms with van der Waals surface area (Å²) in [6.45, 7) is 0.397. The Morgan fingerprint density at radius 1 is 1.00 bits per heavy atom. The third-order valence-corrected chi connectivity index (χ3v) is 6.02. The van der Waals surface area contributed by atoms with Crippen LogP contribution in [0.25, 0.3) is 17.0 Å². The van der Waals surface area contributed by atoms with Gasteiger partial charge in [0.2, 0.25) is 0 Å². The fraction of sp³-hybridized carbons (Fsp3) is 0.0714. The highest BCUT2D eigenvalue weighted by Gasteiger charge is 2.38. The van der Waals surface area contributed by atoms with Crippen LogP contribution in [0.2, 0.25) is 0 Å². The fourth-order valence-corrected chi connectivity index (χ4v) is 4.30. The number of hydrogen-bond acceptors (Lipinski definition) is 5. The van der Waals surface area contributed by atoms with Crippen LogP contribution in [0.4, 0.5) is 14.9 Å². The lowest BCUT2D eigenvalue weighted by Gasteiger charge is -2.26. The Balaban J connectivity index is 1.55. The first-order valence-electron chi connectivity index (χ1n) is 11.3. The molecule has 0 bridgehead atoms. The van der Waals surface area contributed by atoms with Gasteiger partial charge < -0.3 is 9.30 Å². The van der Waals surface area contributed by atoms with Gasteiger partial charge in [0.05, 0.1) is 18.4 Å². The summed E-state index contributed by atoms with van der Waals surface area (Å²) in [7, 11) is 1.32. The molecule has 0 saturated carbocycles. The molecule has 1 aromatic heterocycles. The number of barbiturate groups is 1. The molecule has 5 rings (SSSR count). The molecule has 184 valence electrons. The van der Waals surface area contributed by atoms with Gasteiger partial charge in [-0.2, -0.15) is 0 Å². The minimum atomic E-state index is -1.02. The molecule has 1 fully saturated rings. The van der Waals surface area contributed by atoms with Crippen LogP contribution < -0.4 is 10.2 Å². The Morgan fingerprint density at radius 2 is 1.76 bits per heavy atom. The van der Waals surface area contributed by atoms with E-state index in [1.54, 1.807) is 24.4 Å². The summed E-state index contributed by atoms with van der Waals surface area (Å²) in [5.74, 6) is -3.02. The monoisotopic (exact) mass is 497 g/mol. The summed E-state index contributed by atoms with van der Waals surface area (Å²) in [5.41, 5.74) is 2.08. The van der Waals surface area contributed by atoms with Gasteiger partial charge in [-0.3, -0.25) is 14.9 Å². The van der Waals surface area contributed by atoms with Crippen LogP contribution in [-0.4, -0.2) is 35.5 Å². The van der Waals surface area contributed by atoms with Gasteiger partial charge >= 0.3 is 12.0 Å². The lowest BCUT2D eigenvalue weighted by molar-refractivity contribution is -0.122. The number of amides is 4. The van der Waals surface area contributed by atoms with E-state index in [2.05, 4.69) is 5.32 Å². The number of esters is 1. The number of rotatable bonds is 5. The zero-order chi connectivity index (χ0) is 26.1. The van der Waals surface area contributed by atoms with E-state index < -0.39 is 29.6 Å². The average Bonchev–Trinajstić information content (AvgIpc) is 3.24. The average molecular weight is 497 g/mol. The normalized spacial score (nSPS) is 14.8. The summed E-state index contributed by atoms with van der Waals surface area (Å²) >= 11 is 0. The number of ether oxygens (including phenoxy) is 1. The van der Waals surface area contributed by atoms with Crippen molar-refractivity contribution >= 4 is 46.5 Å². The van der Waals surface area contributed by atoms with Crippen molar-refractivity contribution in [1.82, 2.24) is 9.88 Å². The maximum Gasteiger partial charge on any atom is 0.337 e. The number of para-hydroxylation sites is 2. The maximum absolute atomic E-state index is 14.4. The standard InChI is InChI=1S/C28H20FN3O5/c1-37-27(35)18-8-6-7-17(13-18)15-31-16-19(20-9-2-4-11-23(20)31)14-21-25(33)30-28(36)32(26(21)34)24-12-5-3-10-22(24)29/h2-14,16H,15H2,1H3,(H,30,33,36)/b21-14+. The number of aromatic nitrogens is 1. The topological polar surface area (TPSA) is 97.7 Å². The number of anilines is 1. The van der Waals surface area contributed by atoms with E-state index >= 15 is 0 Å². The van der Waals surface area contributed by atoms with Crippen LogP contribution in [0.5, 0.6) is 0 Å². The molecule has 1 saturated heterocycles. The molecule has 3 aromatic carbocycles. The molecule has 0 aliphatic carbocycles. The van der Waals surface area contributed by atoms with Crippen molar-refractivity contribution in [3.05, 3.63) is 107 Å². The number of urea groups is 1. The van der Waals surface area contributed by atoms with Crippen LogP contribution >= 0.6 is 0 Å². The van der Waals surface area contributed by atoms with Gasteiger partial charge in [-0.15, -0.1) is 0 Å². The van der Waals surface area contributed by atoms with E-state index in [1.807, 2.05) is 34.9 Å². The van der Waals surface area contributed by atoms with Gasteiger partial charge in [0.1, 0.15) is 11.4 Å². The number of halogens is 1. The quantitative estimate of drug-likeness (QED) is 0.252. The third-order valence-electron chi connectivity index (χ3n) is 6.02. The molecule has 8 nitrogen and oxygen atoms in total. The van der Waals surface area contributed by atoms with E-state index in [0.717, 1.165) is 22.5 Å². The first-order chi connectivity index (χ1) is 17.9. The van der Waals surface area contributed by atoms with Gasteiger partial charge in [-0.05, 0) is 42.0 Å². The highest BCUT2D eigenvalue weighted by atomic mass is 19.1. The van der Waals surface area contributed by atoms with Crippen molar-refractivity contribution in [2.24, 2.45) is 0 Å². The van der Waals surface area contributed by atoms with Crippen molar-refractivity contribution in [3.63, 3.8) is 0 Å². The molecule has 0 atom stereocenters. The first-order valence-corrected chi connectivity index (χ1v) is 11.3. The second kappa shape index (κ2) is 9.54. The zero-order valence-electron chi connectivity index (χ0n) is 19.6. The van der Waals surface area contributed by atoms with Gasteiger partial charge in [-0.25, -0.2) is 18.9 Å². The number of nitrogens with one attached hydrogen (secondary N) is 1. The second-order valence-electron chi connectivity index (χ2n) is 8.33. The van der Waals surface area contributed by atoms with Gasteiger partial charge in [0.25, 0.3) is 11.8 Å². The van der Waals surface area contributed by atoms with Crippen molar-refractivity contribution in [2.75, 3.05) is 12.0 Å². The lowest BCUT2D eigenvalue weighted by Crippen LogP contribution is -2.54. The molecule has 37 heavy (non-hydrogen) atoms. The molecular weight excluding hydrogens is 477 g/mol. The Kier molecular flexibility index (Phi) is 6.10. The van der Waals surface area contributed by atoms with Gasteiger partial charge in [-0.1, -0.05) is 42.5 Å². The predicted octanol–water partition coefficient (Wildman–Crippen LogP) is 4.28. The molecule has 1 aliphatic rings. The van der Waals surface area contributed by atoms with Crippen LogP contribution in [0, 0.1) is 5.82 Å². The van der Waals surface area contributed by atoms with E-state index in [4.69, 9.17) is 4.74 Å². The number of benzene rings is 3. The molecule has 4 aromatic rings. The molecule has 0 unspecified atom stereocenters. The minimum absolute atomic E-state index is 0.253. The Labute approximate surface area is 210 Å². The number of imide groups is 2. The minimum Gasteiger partial charge on any atom is -0.465 e. The predicted molar refractivity (Wildman–Crippen MR) is 134 cm³/mol. The SMILES string of the molecule is COC(=O)c1cccc(Cn2cc(/C=C3\C(=O)NC(=O)N(c4ccccc4F)C3=O)c3ccccc32)c1. The fourth-order valence-electron chi connectivity index (χ4n) is 4.30. The summed E-state index contributed by atoms with van der Waals surface area (Å²) in [6.07, 6.45) is 3.16. The van der Waals surface area contributed by atoms with Crippen LogP contribution in [0.1, 0.15) is 21.5 Å². The number of hydrogen-bond donors (Lipinski definition) is 1. The number of carbonyl (C=O) groups is 4. The van der Waals surface area contributed by atoms with E-state index in [1.165, 1.54) is 31.4 Å². The third kappa shape index (κ3) is 4.38. The molecule has 9 heteroatoms. The number of carbonyl (C=O) groups excluding carboxylic acids is 4. The summed E-state index contributed by atoms with van der Waals surface area (Å²) < 4.78 is 21.1. The smallest absolute Gasteiger partial charge is 0.337 e. The van der Waals surface area contributed by atoms with E-state index in [0.29, 0.717) is 22.6 Å². The number of fused-ring (bicyclic) bond motifs is 1. The summed E-state index contributed by atoms with van der Waals surface area (Å²) in [6, 6.07) is 18.7. The lowest BCUT2D eigenvalue weighted by atomic mass is 10.1. The van der Waals surface area contributed by atoms with Gasteiger partial charge in [0, 0.05) is 29.2 Å². The Hall–Kier alpha value is -5.05. The number of methoxy groups -OCH3 is 1. The Morgan fingerprint density at radius 3 is 2.54 bits per heavy atom. The summed E-state index contributed by atoms with van der Waals surface area (Å²) in [4.78, 5) is 50.8. The van der Waals surface area contributed by atoms with Crippen LogP contribution in [0.3, 0.4) is 0 Å². The largest absolute Gasteiger partial charge is 0.465 e. The van der Waals surface area contributed by atoms with Crippen molar-refractivity contribution in [3.8, 4) is 0 Å². The molecule has 0 radical (unpaired) electrons. The van der Waals surface area contributed by atoms with Crippen LogP contribution in [-0.2, 0) is 20.9 Å². The highest BCUT2D eigenvalue weighted by molar-refractivity contribution is 6.39. The molecule has 1 N–H and O–H groups in total. The van der Waals surface area contributed by atoms with Crippen molar-refractivity contribution < 1.29 is 28.3 Å². The van der Waals surface area contributed by atoms with Crippen LogP contribution in [0.15, 0.2) is 84.6 Å². The Bertz CT molecular complexity index is 1620. The maximum atomic E-state index is 14.4. The molecule has 2 heterocycles. The van der Waals surface area contributed by atoms with E-state index in [-0.39, 0.29) is 11.3 Å². The van der Waals surface area contributed by atoms with Crippen molar-refractivity contribution in [2.45, 2.75) is 6.54 Å².